The first kappa shape index (κ1) is 23.2. The average Bonchev–Trinajstić information content (AvgIpc) is 2.76. The zero-order valence-corrected chi connectivity index (χ0v) is 19.3. The number of hydrogen-bond acceptors (Lipinski definition) is 2. The minimum atomic E-state index is 0.218. The van der Waals surface area contributed by atoms with E-state index in [4.69, 9.17) is 12.6 Å². The Hall–Kier alpha value is -2.52. The number of nitrogens with zero attached hydrogens (tertiary/aromatic N) is 1. The Labute approximate surface area is 189 Å². The highest BCUT2D eigenvalue weighted by Crippen LogP contribution is 2.35. The van der Waals surface area contributed by atoms with Gasteiger partial charge in [-0.05, 0) is 57.9 Å². The molecule has 2 nitrogen and oxygen atoms in total. The van der Waals surface area contributed by atoms with Crippen LogP contribution in [0.5, 0.6) is 5.75 Å². The molecule has 0 unspecified atom stereocenters. The SMILES string of the molecule is [B]c1ccc(OCc2ccccc2)c([C@H](CCN(C(C)C)C(C)C)c2ccccc2)c1. The van der Waals surface area contributed by atoms with Crippen LogP contribution >= 0.6 is 0 Å². The molecule has 0 spiro atoms. The second-order valence-corrected chi connectivity index (χ2v) is 8.75. The van der Waals surface area contributed by atoms with Crippen molar-refractivity contribution >= 4 is 13.3 Å². The van der Waals surface area contributed by atoms with Crippen LogP contribution in [0.2, 0.25) is 0 Å². The summed E-state index contributed by atoms with van der Waals surface area (Å²) in [5, 5.41) is 0. The third-order valence-corrected chi connectivity index (χ3v) is 5.85. The predicted molar refractivity (Wildman–Crippen MR) is 132 cm³/mol. The van der Waals surface area contributed by atoms with Crippen molar-refractivity contribution in [3.05, 3.63) is 95.6 Å². The molecule has 0 aliphatic heterocycles. The fourth-order valence-electron chi connectivity index (χ4n) is 4.28. The summed E-state index contributed by atoms with van der Waals surface area (Å²) in [7, 11) is 6.24. The zero-order chi connectivity index (χ0) is 22.2. The predicted octanol–water partition coefficient (Wildman–Crippen LogP) is 5.70. The van der Waals surface area contributed by atoms with E-state index in [0.717, 1.165) is 35.3 Å². The van der Waals surface area contributed by atoms with Crippen LogP contribution in [0.4, 0.5) is 0 Å². The van der Waals surface area contributed by atoms with Crippen LogP contribution in [0.1, 0.15) is 56.7 Å². The Bertz CT molecular complexity index is 916. The second kappa shape index (κ2) is 11.2. The highest BCUT2D eigenvalue weighted by molar-refractivity contribution is 6.32. The van der Waals surface area contributed by atoms with Gasteiger partial charge in [0.05, 0.1) is 0 Å². The number of hydrogen-bond donors (Lipinski definition) is 0. The quantitative estimate of drug-likeness (QED) is 0.397. The number of ether oxygens (including phenoxy) is 1. The van der Waals surface area contributed by atoms with Gasteiger partial charge in [-0.2, -0.15) is 0 Å². The van der Waals surface area contributed by atoms with E-state index in [1.54, 1.807) is 0 Å². The summed E-state index contributed by atoms with van der Waals surface area (Å²) in [4.78, 5) is 2.55. The normalized spacial score (nSPS) is 12.5. The van der Waals surface area contributed by atoms with Crippen molar-refractivity contribution in [1.29, 1.82) is 0 Å². The molecule has 0 aromatic heterocycles. The van der Waals surface area contributed by atoms with Gasteiger partial charge in [0.15, 0.2) is 0 Å². The van der Waals surface area contributed by atoms with Gasteiger partial charge in [0.25, 0.3) is 0 Å². The standard InChI is InChI=1S/C28H34BNO/c1-21(2)30(22(3)4)18-17-26(24-13-9-6-10-14-24)27-19-25(29)15-16-28(27)31-20-23-11-7-5-8-12-23/h5-16,19,21-22,26H,17-18,20H2,1-4H3/t26-/m1/s1. The van der Waals surface area contributed by atoms with Crippen molar-refractivity contribution in [2.45, 2.75) is 58.7 Å². The van der Waals surface area contributed by atoms with Crippen LogP contribution in [-0.4, -0.2) is 31.4 Å². The van der Waals surface area contributed by atoms with E-state index in [1.807, 2.05) is 30.3 Å². The summed E-state index contributed by atoms with van der Waals surface area (Å²) in [6.07, 6.45) is 1.01. The molecule has 1 atom stereocenters. The summed E-state index contributed by atoms with van der Waals surface area (Å²) < 4.78 is 6.31. The smallest absolute Gasteiger partial charge is 0.123 e. The summed E-state index contributed by atoms with van der Waals surface area (Å²) in [5.74, 6) is 1.13. The maximum atomic E-state index is 6.31. The van der Waals surface area contributed by atoms with Crippen molar-refractivity contribution in [1.82, 2.24) is 4.90 Å². The molecule has 0 aliphatic carbocycles. The Morgan fingerprint density at radius 2 is 1.42 bits per heavy atom. The van der Waals surface area contributed by atoms with Gasteiger partial charge in [-0.3, -0.25) is 4.90 Å². The fourth-order valence-corrected chi connectivity index (χ4v) is 4.28. The van der Waals surface area contributed by atoms with Gasteiger partial charge in [0, 0.05) is 23.6 Å². The van der Waals surface area contributed by atoms with E-state index in [-0.39, 0.29) is 5.92 Å². The van der Waals surface area contributed by atoms with Gasteiger partial charge < -0.3 is 4.74 Å². The molecule has 0 fully saturated rings. The highest BCUT2D eigenvalue weighted by Gasteiger charge is 2.22. The van der Waals surface area contributed by atoms with E-state index in [0.29, 0.717) is 18.7 Å². The second-order valence-electron chi connectivity index (χ2n) is 8.75. The van der Waals surface area contributed by atoms with Crippen molar-refractivity contribution in [2.24, 2.45) is 0 Å². The Kier molecular flexibility index (Phi) is 8.37. The van der Waals surface area contributed by atoms with Gasteiger partial charge in [0.1, 0.15) is 20.2 Å². The van der Waals surface area contributed by atoms with Crippen LogP contribution in [0.15, 0.2) is 78.9 Å². The summed E-state index contributed by atoms with van der Waals surface area (Å²) >= 11 is 0. The Morgan fingerprint density at radius 1 is 0.806 bits per heavy atom. The van der Waals surface area contributed by atoms with Gasteiger partial charge in [0.2, 0.25) is 0 Å². The third-order valence-electron chi connectivity index (χ3n) is 5.85. The first-order valence-corrected chi connectivity index (χ1v) is 11.3. The highest BCUT2D eigenvalue weighted by atomic mass is 16.5. The number of rotatable bonds is 10. The van der Waals surface area contributed by atoms with Crippen molar-refractivity contribution in [3.63, 3.8) is 0 Å². The molecule has 3 rings (SSSR count). The first-order chi connectivity index (χ1) is 15.0. The number of benzene rings is 3. The summed E-state index contributed by atoms with van der Waals surface area (Å²) in [6, 6.07) is 28.1. The fraction of sp³-hybridized carbons (Fsp3) is 0.357. The zero-order valence-electron chi connectivity index (χ0n) is 19.3. The minimum absolute atomic E-state index is 0.218. The molecule has 0 heterocycles. The van der Waals surface area contributed by atoms with Gasteiger partial charge in [-0.1, -0.05) is 78.3 Å². The van der Waals surface area contributed by atoms with Gasteiger partial charge in [-0.25, -0.2) is 0 Å². The van der Waals surface area contributed by atoms with E-state index < -0.39 is 0 Å². The summed E-state index contributed by atoms with van der Waals surface area (Å²) in [6.45, 7) is 10.6. The lowest BCUT2D eigenvalue weighted by Gasteiger charge is -2.32. The van der Waals surface area contributed by atoms with Crippen LogP contribution in [0.25, 0.3) is 0 Å². The monoisotopic (exact) mass is 411 g/mol. The molecule has 0 bridgehead atoms. The van der Waals surface area contributed by atoms with E-state index in [2.05, 4.69) is 81.1 Å². The van der Waals surface area contributed by atoms with E-state index in [9.17, 15) is 0 Å². The molecular weight excluding hydrogens is 377 g/mol. The van der Waals surface area contributed by atoms with E-state index in [1.165, 1.54) is 5.56 Å². The lowest BCUT2D eigenvalue weighted by atomic mass is 9.84. The van der Waals surface area contributed by atoms with Crippen LogP contribution in [0, 0.1) is 0 Å². The van der Waals surface area contributed by atoms with Crippen LogP contribution in [-0.2, 0) is 6.61 Å². The molecule has 0 saturated carbocycles. The average molecular weight is 411 g/mol. The Morgan fingerprint density at radius 3 is 2.03 bits per heavy atom. The molecule has 0 N–H and O–H groups in total. The van der Waals surface area contributed by atoms with E-state index >= 15 is 0 Å². The molecule has 0 aliphatic rings. The molecule has 160 valence electrons. The third kappa shape index (κ3) is 6.48. The molecule has 3 aromatic carbocycles. The van der Waals surface area contributed by atoms with Gasteiger partial charge >= 0.3 is 0 Å². The summed E-state index contributed by atoms with van der Waals surface area (Å²) in [5.41, 5.74) is 4.39. The van der Waals surface area contributed by atoms with Crippen LogP contribution < -0.4 is 10.2 Å². The first-order valence-electron chi connectivity index (χ1n) is 11.3. The molecular formula is C28H34BNO. The van der Waals surface area contributed by atoms with Crippen molar-refractivity contribution in [2.75, 3.05) is 6.54 Å². The van der Waals surface area contributed by atoms with Crippen LogP contribution in [0.3, 0.4) is 0 Å². The topological polar surface area (TPSA) is 12.5 Å². The maximum Gasteiger partial charge on any atom is 0.123 e. The lowest BCUT2D eigenvalue weighted by Crippen LogP contribution is -2.38. The van der Waals surface area contributed by atoms with Gasteiger partial charge in [-0.15, -0.1) is 0 Å². The van der Waals surface area contributed by atoms with Crippen molar-refractivity contribution < 1.29 is 4.74 Å². The maximum absolute atomic E-state index is 6.31. The molecule has 2 radical (unpaired) electrons. The largest absolute Gasteiger partial charge is 0.489 e. The van der Waals surface area contributed by atoms with Crippen molar-refractivity contribution in [3.8, 4) is 5.75 Å². The minimum Gasteiger partial charge on any atom is -0.489 e. The molecule has 0 saturated heterocycles. The molecule has 3 aromatic rings. The lowest BCUT2D eigenvalue weighted by molar-refractivity contribution is 0.170. The molecule has 3 heteroatoms. The molecule has 0 amide bonds. The molecule has 31 heavy (non-hydrogen) atoms. The Balaban J connectivity index is 1.91.